The van der Waals surface area contributed by atoms with Crippen molar-refractivity contribution in [2.24, 2.45) is 5.92 Å². The molecule has 2 atom stereocenters. The number of likely N-dealkylation sites (N-methyl/N-ethyl adjacent to an activating group) is 1. The Morgan fingerprint density at radius 1 is 1.28 bits per heavy atom. The molecule has 1 heterocycles. The highest BCUT2D eigenvalue weighted by molar-refractivity contribution is 5.79. The molecule has 0 radical (unpaired) electrons. The lowest BCUT2D eigenvalue weighted by molar-refractivity contribution is -0.137. The van der Waals surface area contributed by atoms with Crippen molar-refractivity contribution < 1.29 is 18.0 Å². The van der Waals surface area contributed by atoms with Gasteiger partial charge in [-0.2, -0.15) is 13.2 Å². The van der Waals surface area contributed by atoms with Crippen LogP contribution in [0.4, 0.5) is 13.2 Å². The number of carbonyl (C=O) groups excluding carboxylic acids is 1. The zero-order valence-corrected chi connectivity index (χ0v) is 14.7. The lowest BCUT2D eigenvalue weighted by Crippen LogP contribution is -2.40. The number of hydrogen-bond acceptors (Lipinski definition) is 3. The van der Waals surface area contributed by atoms with Crippen LogP contribution in [0.1, 0.15) is 37.4 Å². The van der Waals surface area contributed by atoms with Crippen LogP contribution >= 0.6 is 0 Å². The minimum atomic E-state index is -4.34. The quantitative estimate of drug-likeness (QED) is 0.789. The first-order valence-corrected chi connectivity index (χ1v) is 8.76. The molecule has 0 bridgehead atoms. The second kappa shape index (κ2) is 8.67. The Morgan fingerprint density at radius 3 is 2.40 bits per heavy atom. The SMILES string of the molecule is CCN(CC)C(CNC(=O)C1CCNC1)c1ccc(C(F)(F)F)cc1. The highest BCUT2D eigenvalue weighted by Crippen LogP contribution is 2.30. The Balaban J connectivity index is 2.10. The minimum Gasteiger partial charge on any atom is -0.354 e. The molecule has 0 aliphatic carbocycles. The van der Waals surface area contributed by atoms with Crippen molar-refractivity contribution in [1.82, 2.24) is 15.5 Å². The molecule has 1 aromatic carbocycles. The summed E-state index contributed by atoms with van der Waals surface area (Å²) in [7, 11) is 0. The van der Waals surface area contributed by atoms with Crippen LogP contribution < -0.4 is 10.6 Å². The zero-order chi connectivity index (χ0) is 18.4. The number of halogens is 3. The second-order valence-corrected chi connectivity index (χ2v) is 6.29. The number of benzene rings is 1. The minimum absolute atomic E-state index is 0.00840. The van der Waals surface area contributed by atoms with Gasteiger partial charge in [-0.15, -0.1) is 0 Å². The third kappa shape index (κ3) is 5.19. The third-order valence-corrected chi connectivity index (χ3v) is 4.78. The summed E-state index contributed by atoms with van der Waals surface area (Å²) in [5, 5.41) is 6.13. The molecular formula is C18H26F3N3O. The summed E-state index contributed by atoms with van der Waals surface area (Å²) in [5.74, 6) is -0.0148. The van der Waals surface area contributed by atoms with Gasteiger partial charge in [-0.25, -0.2) is 0 Å². The standard InChI is InChI=1S/C18H26F3N3O/c1-3-24(4-2)16(12-23-17(25)14-9-10-22-11-14)13-5-7-15(8-6-13)18(19,20)21/h5-8,14,16,22H,3-4,9-12H2,1-2H3,(H,23,25). The molecule has 2 unspecified atom stereocenters. The summed E-state index contributed by atoms with van der Waals surface area (Å²) in [5.41, 5.74) is 0.122. The summed E-state index contributed by atoms with van der Waals surface area (Å²) in [4.78, 5) is 14.4. The van der Waals surface area contributed by atoms with E-state index in [0.717, 1.165) is 43.8 Å². The maximum Gasteiger partial charge on any atom is 0.416 e. The van der Waals surface area contributed by atoms with Crippen molar-refractivity contribution in [3.05, 3.63) is 35.4 Å². The molecule has 4 nitrogen and oxygen atoms in total. The van der Waals surface area contributed by atoms with Crippen molar-refractivity contribution in [2.45, 2.75) is 32.5 Å². The fraction of sp³-hybridized carbons (Fsp3) is 0.611. The molecule has 1 amide bonds. The molecule has 0 aromatic heterocycles. The molecule has 2 N–H and O–H groups in total. The predicted molar refractivity (Wildman–Crippen MR) is 91.1 cm³/mol. The van der Waals surface area contributed by atoms with Gasteiger partial charge in [-0.3, -0.25) is 9.69 Å². The number of alkyl halides is 3. The van der Waals surface area contributed by atoms with E-state index in [9.17, 15) is 18.0 Å². The number of nitrogens with one attached hydrogen (secondary N) is 2. The molecule has 25 heavy (non-hydrogen) atoms. The molecule has 0 saturated carbocycles. The van der Waals surface area contributed by atoms with E-state index in [2.05, 4.69) is 15.5 Å². The Kier molecular flexibility index (Phi) is 6.84. The smallest absolute Gasteiger partial charge is 0.354 e. The van der Waals surface area contributed by atoms with Gasteiger partial charge >= 0.3 is 6.18 Å². The van der Waals surface area contributed by atoms with Crippen molar-refractivity contribution in [2.75, 3.05) is 32.7 Å². The van der Waals surface area contributed by atoms with Gasteiger partial charge in [0, 0.05) is 13.1 Å². The molecule has 1 aliphatic rings. The van der Waals surface area contributed by atoms with E-state index in [1.54, 1.807) is 0 Å². The van der Waals surface area contributed by atoms with E-state index in [0.29, 0.717) is 13.1 Å². The molecule has 1 aromatic rings. The van der Waals surface area contributed by atoms with E-state index in [1.165, 1.54) is 12.1 Å². The first kappa shape index (κ1) is 19.7. The van der Waals surface area contributed by atoms with Crippen molar-refractivity contribution >= 4 is 5.91 Å². The number of rotatable bonds is 7. The fourth-order valence-electron chi connectivity index (χ4n) is 3.24. The molecule has 0 spiro atoms. The number of carbonyl (C=O) groups is 1. The van der Waals surface area contributed by atoms with Gasteiger partial charge in [-0.1, -0.05) is 26.0 Å². The summed E-state index contributed by atoms with van der Waals surface area (Å²) in [6.45, 7) is 7.43. The van der Waals surface area contributed by atoms with E-state index in [-0.39, 0.29) is 17.9 Å². The number of hydrogen-bond donors (Lipinski definition) is 2. The van der Waals surface area contributed by atoms with Crippen LogP contribution in [0.3, 0.4) is 0 Å². The monoisotopic (exact) mass is 357 g/mol. The molecule has 140 valence electrons. The Morgan fingerprint density at radius 2 is 1.92 bits per heavy atom. The van der Waals surface area contributed by atoms with Gasteiger partial charge in [0.2, 0.25) is 5.91 Å². The van der Waals surface area contributed by atoms with Gasteiger partial charge in [0.1, 0.15) is 0 Å². The molecular weight excluding hydrogens is 331 g/mol. The van der Waals surface area contributed by atoms with E-state index < -0.39 is 11.7 Å². The lowest BCUT2D eigenvalue weighted by Gasteiger charge is -2.30. The topological polar surface area (TPSA) is 44.4 Å². The molecule has 2 rings (SSSR count). The van der Waals surface area contributed by atoms with Gasteiger partial charge in [0.15, 0.2) is 0 Å². The average Bonchev–Trinajstić information content (AvgIpc) is 3.12. The van der Waals surface area contributed by atoms with Crippen LogP contribution in [0.5, 0.6) is 0 Å². The second-order valence-electron chi connectivity index (χ2n) is 6.29. The summed E-state index contributed by atoms with van der Waals surface area (Å²) < 4.78 is 38.3. The van der Waals surface area contributed by atoms with Crippen LogP contribution in [-0.4, -0.2) is 43.5 Å². The van der Waals surface area contributed by atoms with Gasteiger partial charge < -0.3 is 10.6 Å². The Bertz CT molecular complexity index is 550. The van der Waals surface area contributed by atoms with Crippen molar-refractivity contribution in [3.8, 4) is 0 Å². The molecule has 1 saturated heterocycles. The maximum atomic E-state index is 12.8. The van der Waals surface area contributed by atoms with Crippen molar-refractivity contribution in [1.29, 1.82) is 0 Å². The number of amides is 1. The highest BCUT2D eigenvalue weighted by atomic mass is 19.4. The first-order chi connectivity index (χ1) is 11.9. The van der Waals surface area contributed by atoms with Crippen LogP contribution in [0, 0.1) is 5.92 Å². The van der Waals surface area contributed by atoms with Crippen LogP contribution in [0.25, 0.3) is 0 Å². The molecule has 1 aliphatic heterocycles. The van der Waals surface area contributed by atoms with Crippen LogP contribution in [-0.2, 0) is 11.0 Å². The Labute approximate surface area is 146 Å². The zero-order valence-electron chi connectivity index (χ0n) is 14.7. The van der Waals surface area contributed by atoms with E-state index >= 15 is 0 Å². The summed E-state index contributed by atoms with van der Waals surface area (Å²) in [6.07, 6.45) is -3.52. The van der Waals surface area contributed by atoms with Crippen LogP contribution in [0.15, 0.2) is 24.3 Å². The van der Waals surface area contributed by atoms with E-state index in [4.69, 9.17) is 0 Å². The largest absolute Gasteiger partial charge is 0.416 e. The first-order valence-electron chi connectivity index (χ1n) is 8.76. The lowest BCUT2D eigenvalue weighted by atomic mass is 10.0. The van der Waals surface area contributed by atoms with E-state index in [1.807, 2.05) is 13.8 Å². The van der Waals surface area contributed by atoms with Gasteiger partial charge in [0.25, 0.3) is 0 Å². The third-order valence-electron chi connectivity index (χ3n) is 4.78. The van der Waals surface area contributed by atoms with Gasteiger partial charge in [0.05, 0.1) is 17.5 Å². The highest BCUT2D eigenvalue weighted by Gasteiger charge is 2.31. The average molecular weight is 357 g/mol. The molecule has 1 fully saturated rings. The molecule has 7 heteroatoms. The van der Waals surface area contributed by atoms with Crippen molar-refractivity contribution in [3.63, 3.8) is 0 Å². The summed E-state index contributed by atoms with van der Waals surface area (Å²) >= 11 is 0. The Hall–Kier alpha value is -1.60. The normalized spacial score (nSPS) is 19.2. The number of nitrogens with zero attached hydrogens (tertiary/aromatic N) is 1. The maximum absolute atomic E-state index is 12.8. The predicted octanol–water partition coefficient (Wildman–Crippen LogP) is 2.81. The van der Waals surface area contributed by atoms with Gasteiger partial charge in [-0.05, 0) is 43.8 Å². The summed E-state index contributed by atoms with van der Waals surface area (Å²) in [6, 6.07) is 5.09. The fourth-order valence-corrected chi connectivity index (χ4v) is 3.24. The van der Waals surface area contributed by atoms with Crippen LogP contribution in [0.2, 0.25) is 0 Å².